The van der Waals surface area contributed by atoms with Crippen LogP contribution >= 0.6 is 11.8 Å². The molecule has 0 aliphatic carbocycles. The first kappa shape index (κ1) is 13.0. The molecular formula is C14H17NO2S. The van der Waals surface area contributed by atoms with Gasteiger partial charge in [0.25, 0.3) is 0 Å². The topological polar surface area (TPSA) is 29.5 Å². The Morgan fingerprint density at radius 3 is 2.78 bits per heavy atom. The van der Waals surface area contributed by atoms with Crippen molar-refractivity contribution >= 4 is 23.5 Å². The summed E-state index contributed by atoms with van der Waals surface area (Å²) < 4.78 is 5.42. The first-order chi connectivity index (χ1) is 8.47. The average Bonchev–Trinajstić information content (AvgIpc) is 2.48. The van der Waals surface area contributed by atoms with Crippen molar-refractivity contribution in [2.24, 2.45) is 0 Å². The van der Waals surface area contributed by atoms with Crippen molar-refractivity contribution in [3.8, 4) is 0 Å². The molecule has 0 aromatic heterocycles. The summed E-state index contributed by atoms with van der Waals surface area (Å²) >= 11 is 1.71. The van der Waals surface area contributed by atoms with Gasteiger partial charge in [-0.1, -0.05) is 18.2 Å². The van der Waals surface area contributed by atoms with Crippen molar-refractivity contribution in [1.29, 1.82) is 0 Å². The number of ether oxygens (including phenoxy) is 1. The van der Waals surface area contributed by atoms with Gasteiger partial charge in [0.05, 0.1) is 5.69 Å². The number of hydrogen-bond donors (Lipinski definition) is 0. The van der Waals surface area contributed by atoms with Gasteiger partial charge in [0.2, 0.25) is 0 Å². The fourth-order valence-corrected chi connectivity index (χ4v) is 2.47. The van der Waals surface area contributed by atoms with Gasteiger partial charge in [-0.3, -0.25) is 4.90 Å². The van der Waals surface area contributed by atoms with Crippen LogP contribution in [0, 0.1) is 0 Å². The van der Waals surface area contributed by atoms with Crippen molar-refractivity contribution in [2.45, 2.75) is 31.3 Å². The van der Waals surface area contributed by atoms with Gasteiger partial charge in [0.1, 0.15) is 5.60 Å². The zero-order valence-corrected chi connectivity index (χ0v) is 11.7. The molecule has 1 amide bonds. The maximum Gasteiger partial charge on any atom is 0.418 e. The normalized spacial score (nSPS) is 14.9. The predicted octanol–water partition coefficient (Wildman–Crippen LogP) is 4.05. The molecule has 4 heteroatoms. The Labute approximate surface area is 112 Å². The highest BCUT2D eigenvalue weighted by Crippen LogP contribution is 2.33. The molecule has 1 aromatic rings. The van der Waals surface area contributed by atoms with Gasteiger partial charge in [-0.2, -0.15) is 0 Å². The Hall–Kier alpha value is -1.42. The molecule has 1 heterocycles. The van der Waals surface area contributed by atoms with Gasteiger partial charge in [-0.15, -0.1) is 11.8 Å². The monoisotopic (exact) mass is 263 g/mol. The van der Waals surface area contributed by atoms with Gasteiger partial charge in [0.15, 0.2) is 0 Å². The summed E-state index contributed by atoms with van der Waals surface area (Å²) in [7, 11) is 0. The summed E-state index contributed by atoms with van der Waals surface area (Å²) in [5.74, 6) is 0.857. The van der Waals surface area contributed by atoms with Crippen LogP contribution in [-0.2, 0) is 4.74 Å². The molecule has 0 saturated carbocycles. The van der Waals surface area contributed by atoms with Gasteiger partial charge in [-0.25, -0.2) is 4.79 Å². The van der Waals surface area contributed by atoms with Crippen LogP contribution in [0.15, 0.2) is 41.4 Å². The van der Waals surface area contributed by atoms with Crippen LogP contribution in [-0.4, -0.2) is 17.4 Å². The molecule has 1 aliphatic rings. The standard InChI is InChI=1S/C14H17NO2S/c1-14(2,3)17-13(16)15-9-6-10-18-12-8-5-4-7-11(12)15/h4-9H,10H2,1-3H3. The quantitative estimate of drug-likeness (QED) is 0.707. The van der Waals surface area contributed by atoms with Crippen LogP contribution < -0.4 is 4.90 Å². The Balaban J connectivity index is 2.30. The number of hydrogen-bond acceptors (Lipinski definition) is 3. The van der Waals surface area contributed by atoms with Gasteiger partial charge in [0, 0.05) is 16.8 Å². The van der Waals surface area contributed by atoms with E-state index in [4.69, 9.17) is 4.74 Å². The molecule has 0 fully saturated rings. The number of para-hydroxylation sites is 1. The summed E-state index contributed by atoms with van der Waals surface area (Å²) in [6.07, 6.45) is 3.41. The zero-order valence-electron chi connectivity index (χ0n) is 10.8. The van der Waals surface area contributed by atoms with E-state index in [1.54, 1.807) is 22.9 Å². The Morgan fingerprint density at radius 2 is 2.06 bits per heavy atom. The van der Waals surface area contributed by atoms with Crippen molar-refractivity contribution in [1.82, 2.24) is 0 Å². The van der Waals surface area contributed by atoms with E-state index in [0.29, 0.717) is 0 Å². The molecule has 0 spiro atoms. The number of fused-ring (bicyclic) bond motifs is 1. The van der Waals surface area contributed by atoms with Gasteiger partial charge >= 0.3 is 6.09 Å². The number of thioether (sulfide) groups is 1. The van der Waals surface area contributed by atoms with E-state index in [1.807, 2.05) is 51.1 Å². The van der Waals surface area contributed by atoms with Crippen LogP contribution in [0.5, 0.6) is 0 Å². The SMILES string of the molecule is CC(C)(C)OC(=O)N1C=CCSc2ccccc21. The lowest BCUT2D eigenvalue weighted by Crippen LogP contribution is -2.33. The second-order valence-corrected chi connectivity index (χ2v) is 6.08. The van der Waals surface area contributed by atoms with E-state index in [1.165, 1.54) is 0 Å². The number of nitrogens with zero attached hydrogens (tertiary/aromatic N) is 1. The van der Waals surface area contributed by atoms with Crippen LogP contribution in [0.1, 0.15) is 20.8 Å². The number of carbonyl (C=O) groups excluding carboxylic acids is 1. The molecule has 0 saturated heterocycles. The average molecular weight is 263 g/mol. The van der Waals surface area contributed by atoms with E-state index in [0.717, 1.165) is 16.3 Å². The van der Waals surface area contributed by atoms with E-state index < -0.39 is 5.60 Å². The van der Waals surface area contributed by atoms with Crippen molar-refractivity contribution in [3.05, 3.63) is 36.5 Å². The lowest BCUT2D eigenvalue weighted by molar-refractivity contribution is 0.0596. The molecule has 18 heavy (non-hydrogen) atoms. The summed E-state index contributed by atoms with van der Waals surface area (Å²) in [6, 6.07) is 7.85. The number of rotatable bonds is 0. The van der Waals surface area contributed by atoms with Crippen molar-refractivity contribution < 1.29 is 9.53 Å². The van der Waals surface area contributed by atoms with Crippen molar-refractivity contribution in [2.75, 3.05) is 10.7 Å². The lowest BCUT2D eigenvalue weighted by Gasteiger charge is -2.25. The largest absolute Gasteiger partial charge is 0.443 e. The highest BCUT2D eigenvalue weighted by molar-refractivity contribution is 7.99. The molecule has 0 atom stereocenters. The summed E-state index contributed by atoms with van der Waals surface area (Å²) in [5, 5.41) is 0. The van der Waals surface area contributed by atoms with Gasteiger partial charge < -0.3 is 4.74 Å². The second kappa shape index (κ2) is 5.06. The number of carbonyl (C=O) groups is 1. The summed E-state index contributed by atoms with van der Waals surface area (Å²) in [5.41, 5.74) is 0.393. The molecule has 1 aliphatic heterocycles. The minimum absolute atomic E-state index is 0.339. The van der Waals surface area contributed by atoms with E-state index in [2.05, 4.69) is 0 Å². The Bertz CT molecular complexity index is 477. The van der Waals surface area contributed by atoms with E-state index >= 15 is 0 Å². The summed E-state index contributed by atoms with van der Waals surface area (Å²) in [4.78, 5) is 14.8. The molecule has 96 valence electrons. The predicted molar refractivity (Wildman–Crippen MR) is 75.0 cm³/mol. The maximum atomic E-state index is 12.2. The Kier molecular flexibility index (Phi) is 3.66. The molecule has 0 unspecified atom stereocenters. The molecule has 1 aromatic carbocycles. The minimum atomic E-state index is -0.487. The van der Waals surface area contributed by atoms with Gasteiger partial charge in [-0.05, 0) is 32.9 Å². The first-order valence-corrected chi connectivity index (χ1v) is 6.87. The first-order valence-electron chi connectivity index (χ1n) is 5.88. The maximum absolute atomic E-state index is 12.2. The molecule has 0 radical (unpaired) electrons. The van der Waals surface area contributed by atoms with Crippen LogP contribution in [0.4, 0.5) is 10.5 Å². The third-order valence-electron chi connectivity index (χ3n) is 2.30. The zero-order chi connectivity index (χ0) is 13.2. The molecule has 0 N–H and O–H groups in total. The highest BCUT2D eigenvalue weighted by Gasteiger charge is 2.24. The molecule has 2 rings (SSSR count). The van der Waals surface area contributed by atoms with Crippen LogP contribution in [0.2, 0.25) is 0 Å². The number of amides is 1. The summed E-state index contributed by atoms with van der Waals surface area (Å²) in [6.45, 7) is 5.60. The smallest absolute Gasteiger partial charge is 0.418 e. The third-order valence-corrected chi connectivity index (χ3v) is 3.32. The van der Waals surface area contributed by atoms with E-state index in [-0.39, 0.29) is 6.09 Å². The fraction of sp³-hybridized carbons (Fsp3) is 0.357. The minimum Gasteiger partial charge on any atom is -0.443 e. The Morgan fingerprint density at radius 1 is 1.33 bits per heavy atom. The fourth-order valence-electron chi connectivity index (χ4n) is 1.62. The number of benzene rings is 1. The highest BCUT2D eigenvalue weighted by atomic mass is 32.2. The molecular weight excluding hydrogens is 246 g/mol. The number of anilines is 1. The lowest BCUT2D eigenvalue weighted by atomic mass is 10.2. The van der Waals surface area contributed by atoms with E-state index in [9.17, 15) is 4.79 Å². The van der Waals surface area contributed by atoms with Crippen LogP contribution in [0.3, 0.4) is 0 Å². The molecule has 0 bridgehead atoms. The van der Waals surface area contributed by atoms with Crippen molar-refractivity contribution in [3.63, 3.8) is 0 Å². The third kappa shape index (κ3) is 3.07. The molecule has 3 nitrogen and oxygen atoms in total. The second-order valence-electron chi connectivity index (χ2n) is 5.01. The van der Waals surface area contributed by atoms with Crippen LogP contribution in [0.25, 0.3) is 0 Å².